The molecule has 0 fully saturated rings. The number of aliphatic hydroxyl groups is 1. The lowest BCUT2D eigenvalue weighted by Gasteiger charge is -2.02. The molecule has 13 heavy (non-hydrogen) atoms. The van der Waals surface area contributed by atoms with Crippen LogP contribution in [0.3, 0.4) is 0 Å². The fourth-order valence-corrected chi connectivity index (χ4v) is 0.836. The SMILES string of the molecule is NC(=O)Nc1c(O)[nH]c(=O)n1CO. The maximum Gasteiger partial charge on any atom is 0.331 e. The van der Waals surface area contributed by atoms with Crippen molar-refractivity contribution in [2.45, 2.75) is 6.73 Å². The van der Waals surface area contributed by atoms with E-state index in [2.05, 4.69) is 0 Å². The lowest BCUT2D eigenvalue weighted by Crippen LogP contribution is -2.24. The van der Waals surface area contributed by atoms with Gasteiger partial charge >= 0.3 is 11.7 Å². The molecule has 1 heterocycles. The number of H-pyrrole nitrogens is 1. The van der Waals surface area contributed by atoms with E-state index in [0.29, 0.717) is 4.57 Å². The summed E-state index contributed by atoms with van der Waals surface area (Å²) in [5, 5.41) is 19.7. The van der Waals surface area contributed by atoms with Gasteiger partial charge in [-0.15, -0.1) is 0 Å². The van der Waals surface area contributed by atoms with Crippen molar-refractivity contribution in [1.82, 2.24) is 9.55 Å². The van der Waals surface area contributed by atoms with Gasteiger partial charge < -0.3 is 15.9 Å². The van der Waals surface area contributed by atoms with Crippen molar-refractivity contribution in [2.75, 3.05) is 5.32 Å². The Labute approximate surface area is 71.6 Å². The van der Waals surface area contributed by atoms with E-state index >= 15 is 0 Å². The van der Waals surface area contributed by atoms with Crippen LogP contribution in [0.2, 0.25) is 0 Å². The summed E-state index contributed by atoms with van der Waals surface area (Å²) in [6, 6.07) is -0.948. The van der Waals surface area contributed by atoms with Crippen LogP contribution < -0.4 is 16.7 Å². The summed E-state index contributed by atoms with van der Waals surface area (Å²) >= 11 is 0. The average Bonchev–Trinajstić information content (AvgIpc) is 2.26. The summed E-state index contributed by atoms with van der Waals surface area (Å²) in [6.45, 7) is -0.675. The maximum absolute atomic E-state index is 10.9. The molecule has 0 saturated carbocycles. The summed E-state index contributed by atoms with van der Waals surface area (Å²) in [5.74, 6) is -0.821. The first-order chi connectivity index (χ1) is 6.06. The largest absolute Gasteiger partial charge is 0.492 e. The number of hydrogen-bond donors (Lipinski definition) is 5. The van der Waals surface area contributed by atoms with Gasteiger partial charge in [0.15, 0.2) is 5.82 Å². The number of aromatic amines is 1. The molecule has 0 unspecified atom stereocenters. The third-order valence-corrected chi connectivity index (χ3v) is 1.35. The van der Waals surface area contributed by atoms with Crippen molar-refractivity contribution >= 4 is 11.8 Å². The summed E-state index contributed by atoms with van der Waals surface area (Å²) in [7, 11) is 0. The van der Waals surface area contributed by atoms with Crippen molar-refractivity contribution in [3.05, 3.63) is 10.5 Å². The fourth-order valence-electron chi connectivity index (χ4n) is 0.836. The zero-order chi connectivity index (χ0) is 10.0. The minimum absolute atomic E-state index is 0.264. The molecule has 6 N–H and O–H groups in total. The number of nitrogens with one attached hydrogen (secondary N) is 2. The molecule has 0 radical (unpaired) electrons. The fraction of sp³-hybridized carbons (Fsp3) is 0.200. The van der Waals surface area contributed by atoms with Crippen molar-refractivity contribution < 1.29 is 15.0 Å². The Bertz CT molecular complexity index is 378. The van der Waals surface area contributed by atoms with Gasteiger partial charge in [0.1, 0.15) is 6.73 Å². The number of rotatable bonds is 2. The van der Waals surface area contributed by atoms with Crippen molar-refractivity contribution in [3.8, 4) is 5.88 Å². The number of amides is 2. The van der Waals surface area contributed by atoms with E-state index in [-0.39, 0.29) is 5.82 Å². The molecule has 1 rings (SSSR count). The van der Waals surface area contributed by atoms with Gasteiger partial charge in [0.25, 0.3) is 0 Å². The number of nitrogens with two attached hydrogens (primary N) is 1. The van der Waals surface area contributed by atoms with Crippen LogP contribution in [-0.2, 0) is 6.73 Å². The van der Waals surface area contributed by atoms with Gasteiger partial charge in [-0.05, 0) is 0 Å². The van der Waals surface area contributed by atoms with Gasteiger partial charge in [0.05, 0.1) is 0 Å². The third kappa shape index (κ3) is 1.62. The molecule has 2 amide bonds. The van der Waals surface area contributed by atoms with Crippen LogP contribution in [0, 0.1) is 0 Å². The molecule has 0 aliphatic heterocycles. The van der Waals surface area contributed by atoms with E-state index < -0.39 is 24.3 Å². The zero-order valence-corrected chi connectivity index (χ0v) is 6.44. The number of urea groups is 1. The number of aromatic hydroxyl groups is 1. The molecular weight excluding hydrogens is 180 g/mol. The molecule has 0 aliphatic rings. The lowest BCUT2D eigenvalue weighted by molar-refractivity contribution is 0.208. The second kappa shape index (κ2) is 3.19. The second-order valence-electron chi connectivity index (χ2n) is 2.19. The number of imidazole rings is 1. The van der Waals surface area contributed by atoms with Gasteiger partial charge in [-0.1, -0.05) is 0 Å². The molecule has 8 heteroatoms. The summed E-state index contributed by atoms with van der Waals surface area (Å²) < 4.78 is 0.708. The Morgan fingerprint density at radius 1 is 1.69 bits per heavy atom. The van der Waals surface area contributed by atoms with Crippen LogP contribution in [0.5, 0.6) is 5.88 Å². The molecule has 0 atom stereocenters. The third-order valence-electron chi connectivity index (χ3n) is 1.35. The van der Waals surface area contributed by atoms with Crippen LogP contribution >= 0.6 is 0 Å². The number of anilines is 1. The van der Waals surface area contributed by atoms with E-state index in [1.807, 2.05) is 10.3 Å². The second-order valence-corrected chi connectivity index (χ2v) is 2.19. The molecule has 72 valence electrons. The Morgan fingerprint density at radius 3 is 2.77 bits per heavy atom. The summed E-state index contributed by atoms with van der Waals surface area (Å²) in [4.78, 5) is 23.2. The highest BCUT2D eigenvalue weighted by Crippen LogP contribution is 2.16. The number of carbonyl (C=O) groups is 1. The van der Waals surface area contributed by atoms with E-state index in [4.69, 9.17) is 15.9 Å². The van der Waals surface area contributed by atoms with E-state index in [1.165, 1.54) is 0 Å². The quantitative estimate of drug-likeness (QED) is 0.379. The number of primary amides is 1. The maximum atomic E-state index is 10.9. The molecule has 0 saturated heterocycles. The smallest absolute Gasteiger partial charge is 0.331 e. The highest BCUT2D eigenvalue weighted by Gasteiger charge is 2.13. The van der Waals surface area contributed by atoms with Gasteiger partial charge in [-0.25, -0.2) is 9.59 Å². The van der Waals surface area contributed by atoms with Crippen molar-refractivity contribution in [2.24, 2.45) is 5.73 Å². The first-order valence-electron chi connectivity index (χ1n) is 3.25. The number of aliphatic hydroxyl groups excluding tert-OH is 1. The van der Waals surface area contributed by atoms with E-state index in [9.17, 15) is 9.59 Å². The predicted octanol–water partition coefficient (Wildman–Crippen LogP) is -1.68. The summed E-state index contributed by atoms with van der Waals surface area (Å²) in [6.07, 6.45) is 0. The van der Waals surface area contributed by atoms with E-state index in [0.717, 1.165) is 0 Å². The minimum atomic E-state index is -0.948. The van der Waals surface area contributed by atoms with Crippen LogP contribution in [0.1, 0.15) is 0 Å². The predicted molar refractivity (Wildman–Crippen MR) is 42.1 cm³/mol. The topological polar surface area (TPSA) is 133 Å². The zero-order valence-electron chi connectivity index (χ0n) is 6.44. The van der Waals surface area contributed by atoms with Crippen LogP contribution in [-0.4, -0.2) is 25.8 Å². The molecular formula is C5H8N4O4. The Balaban J connectivity index is 3.17. The van der Waals surface area contributed by atoms with Gasteiger partial charge in [0.2, 0.25) is 5.88 Å². The van der Waals surface area contributed by atoms with Gasteiger partial charge in [0, 0.05) is 0 Å². The molecule has 8 nitrogen and oxygen atoms in total. The van der Waals surface area contributed by atoms with Crippen LogP contribution in [0.25, 0.3) is 0 Å². The van der Waals surface area contributed by atoms with Gasteiger partial charge in [-0.3, -0.25) is 14.9 Å². The first-order valence-corrected chi connectivity index (χ1v) is 3.25. The highest BCUT2D eigenvalue weighted by atomic mass is 16.3. The molecule has 1 aromatic heterocycles. The Hall–Kier alpha value is -1.96. The lowest BCUT2D eigenvalue weighted by atomic mass is 10.6. The minimum Gasteiger partial charge on any atom is -0.492 e. The standard InChI is InChI=1S/C5H8N4O4/c6-4(12)7-2-3(11)8-5(13)9(2)1-10/h10-11H,1H2,(H,8,13)(H3,6,7,12). The highest BCUT2D eigenvalue weighted by molar-refractivity contribution is 5.87. The van der Waals surface area contributed by atoms with Crippen molar-refractivity contribution in [1.29, 1.82) is 0 Å². The molecule has 1 aromatic rings. The van der Waals surface area contributed by atoms with Crippen molar-refractivity contribution in [3.63, 3.8) is 0 Å². The first kappa shape index (κ1) is 9.13. The average molecular weight is 188 g/mol. The Morgan fingerprint density at radius 2 is 2.31 bits per heavy atom. The number of nitrogens with zero attached hydrogens (tertiary/aromatic N) is 1. The molecule has 0 bridgehead atoms. The number of aromatic nitrogens is 2. The molecule has 0 spiro atoms. The van der Waals surface area contributed by atoms with Crippen LogP contribution in [0.4, 0.5) is 10.6 Å². The number of hydrogen-bond acceptors (Lipinski definition) is 4. The monoisotopic (exact) mass is 188 g/mol. The van der Waals surface area contributed by atoms with Gasteiger partial charge in [-0.2, -0.15) is 0 Å². The summed E-state index contributed by atoms with van der Waals surface area (Å²) in [5.41, 5.74) is 4.01. The van der Waals surface area contributed by atoms with Crippen LogP contribution in [0.15, 0.2) is 4.79 Å². The molecule has 0 aromatic carbocycles. The van der Waals surface area contributed by atoms with E-state index in [1.54, 1.807) is 0 Å². The normalized spacial score (nSPS) is 9.92. The Kier molecular flexibility index (Phi) is 2.24. The number of carbonyl (C=O) groups excluding carboxylic acids is 1. The molecule has 0 aliphatic carbocycles.